The number of rotatable bonds is 6. The van der Waals surface area contributed by atoms with Crippen molar-refractivity contribution in [1.82, 2.24) is 10.2 Å². The van der Waals surface area contributed by atoms with Gasteiger partial charge in [0.15, 0.2) is 0 Å². The van der Waals surface area contributed by atoms with Gasteiger partial charge in [-0.05, 0) is 48.0 Å². The Kier molecular flexibility index (Phi) is 6.51. The van der Waals surface area contributed by atoms with Gasteiger partial charge in [0.05, 0.1) is 19.2 Å². The minimum absolute atomic E-state index is 0.0484. The molecular weight excluding hydrogens is 324 g/mol. The first-order valence-corrected chi connectivity index (χ1v) is 7.22. The van der Waals surface area contributed by atoms with Crippen molar-refractivity contribution in [3.05, 3.63) is 28.2 Å². The number of methoxy groups -OCH3 is 1. The number of ether oxygens (including phenoxy) is 1. The van der Waals surface area contributed by atoms with Crippen molar-refractivity contribution in [2.45, 2.75) is 13.8 Å². The highest BCUT2D eigenvalue weighted by molar-refractivity contribution is 9.10. The molecule has 0 aliphatic heterocycles. The number of hydrogen-bond donors (Lipinski definition) is 1. The number of carbonyl (C=O) groups excluding carboxylic acids is 2. The zero-order valence-electron chi connectivity index (χ0n) is 11.9. The van der Waals surface area contributed by atoms with Crippen LogP contribution in [-0.4, -0.2) is 43.5 Å². The van der Waals surface area contributed by atoms with Crippen LogP contribution in [0.4, 0.5) is 0 Å². The lowest BCUT2D eigenvalue weighted by molar-refractivity contribution is -0.121. The van der Waals surface area contributed by atoms with Gasteiger partial charge in [0.25, 0.3) is 5.91 Å². The molecule has 0 heterocycles. The number of halogens is 1. The monoisotopic (exact) mass is 342 g/mol. The van der Waals surface area contributed by atoms with Gasteiger partial charge in [0, 0.05) is 17.6 Å². The first kappa shape index (κ1) is 16.5. The third-order valence-electron chi connectivity index (χ3n) is 2.78. The van der Waals surface area contributed by atoms with Gasteiger partial charge in [-0.2, -0.15) is 0 Å². The summed E-state index contributed by atoms with van der Waals surface area (Å²) in [5.41, 5.74) is 0.482. The van der Waals surface area contributed by atoms with Crippen LogP contribution in [0, 0.1) is 0 Å². The summed E-state index contributed by atoms with van der Waals surface area (Å²) in [4.78, 5) is 25.6. The molecule has 0 fully saturated rings. The molecule has 1 N–H and O–H groups in total. The third-order valence-corrected chi connectivity index (χ3v) is 3.47. The van der Waals surface area contributed by atoms with Crippen molar-refractivity contribution >= 4 is 27.7 Å². The quantitative estimate of drug-likeness (QED) is 0.860. The summed E-state index contributed by atoms with van der Waals surface area (Å²) in [5.74, 6) is 0.233. The minimum Gasteiger partial charge on any atom is -0.497 e. The third kappa shape index (κ3) is 4.23. The van der Waals surface area contributed by atoms with Gasteiger partial charge >= 0.3 is 0 Å². The molecule has 1 aromatic rings. The minimum atomic E-state index is -0.204. The van der Waals surface area contributed by atoms with Crippen molar-refractivity contribution in [3.8, 4) is 5.75 Å². The Morgan fingerprint density at radius 3 is 2.60 bits per heavy atom. The molecule has 2 amide bonds. The molecule has 0 aliphatic carbocycles. The van der Waals surface area contributed by atoms with E-state index < -0.39 is 0 Å². The summed E-state index contributed by atoms with van der Waals surface area (Å²) in [5, 5.41) is 2.68. The van der Waals surface area contributed by atoms with Crippen molar-refractivity contribution < 1.29 is 14.3 Å². The van der Waals surface area contributed by atoms with Gasteiger partial charge in [-0.3, -0.25) is 9.59 Å². The normalized spacial score (nSPS) is 10.0. The maximum absolute atomic E-state index is 12.5. The van der Waals surface area contributed by atoms with Crippen molar-refractivity contribution in [2.75, 3.05) is 26.7 Å². The van der Waals surface area contributed by atoms with Gasteiger partial charge in [-0.15, -0.1) is 0 Å². The molecule has 6 heteroatoms. The van der Waals surface area contributed by atoms with Crippen LogP contribution < -0.4 is 10.1 Å². The molecule has 0 spiro atoms. The van der Waals surface area contributed by atoms with Gasteiger partial charge in [0.1, 0.15) is 5.75 Å². The van der Waals surface area contributed by atoms with E-state index in [2.05, 4.69) is 21.2 Å². The average molecular weight is 343 g/mol. The van der Waals surface area contributed by atoms with Crippen molar-refractivity contribution in [3.63, 3.8) is 0 Å². The zero-order chi connectivity index (χ0) is 15.1. The van der Waals surface area contributed by atoms with Crippen LogP contribution in [0.3, 0.4) is 0 Å². The number of likely N-dealkylation sites (N-methyl/N-ethyl adjacent to an activating group) is 2. The maximum Gasteiger partial charge on any atom is 0.255 e. The lowest BCUT2D eigenvalue weighted by Gasteiger charge is -2.21. The second-order valence-electron chi connectivity index (χ2n) is 4.12. The molecule has 1 rings (SSSR count). The fourth-order valence-electron chi connectivity index (χ4n) is 1.72. The van der Waals surface area contributed by atoms with Gasteiger partial charge < -0.3 is 15.0 Å². The molecule has 0 saturated heterocycles. The summed E-state index contributed by atoms with van der Waals surface area (Å²) < 4.78 is 5.80. The van der Waals surface area contributed by atoms with Gasteiger partial charge in [-0.25, -0.2) is 0 Å². The average Bonchev–Trinajstić information content (AvgIpc) is 2.45. The van der Waals surface area contributed by atoms with E-state index in [4.69, 9.17) is 4.74 Å². The lowest BCUT2D eigenvalue weighted by atomic mass is 10.2. The molecule has 0 unspecified atom stereocenters. The van der Waals surface area contributed by atoms with E-state index in [1.807, 2.05) is 13.8 Å². The summed E-state index contributed by atoms with van der Waals surface area (Å²) in [7, 11) is 1.55. The zero-order valence-corrected chi connectivity index (χ0v) is 13.5. The molecule has 0 bridgehead atoms. The fourth-order valence-corrected chi connectivity index (χ4v) is 2.14. The Hall–Kier alpha value is -1.56. The first-order chi connectivity index (χ1) is 9.53. The van der Waals surface area contributed by atoms with E-state index in [-0.39, 0.29) is 18.4 Å². The Morgan fingerprint density at radius 2 is 2.05 bits per heavy atom. The van der Waals surface area contributed by atoms with Gasteiger partial charge in [-0.1, -0.05) is 0 Å². The van der Waals surface area contributed by atoms with Crippen LogP contribution in [0.5, 0.6) is 5.75 Å². The lowest BCUT2D eigenvalue weighted by Crippen LogP contribution is -2.40. The molecule has 20 heavy (non-hydrogen) atoms. The van der Waals surface area contributed by atoms with Gasteiger partial charge in [0.2, 0.25) is 5.91 Å². The summed E-state index contributed by atoms with van der Waals surface area (Å²) in [6, 6.07) is 5.18. The first-order valence-electron chi connectivity index (χ1n) is 6.43. The highest BCUT2D eigenvalue weighted by Crippen LogP contribution is 2.23. The number of nitrogens with one attached hydrogen (secondary N) is 1. The highest BCUT2D eigenvalue weighted by Gasteiger charge is 2.19. The fraction of sp³-hybridized carbons (Fsp3) is 0.429. The molecule has 0 radical (unpaired) electrons. The Bertz CT molecular complexity index is 491. The van der Waals surface area contributed by atoms with Crippen LogP contribution in [-0.2, 0) is 4.79 Å². The number of amides is 2. The van der Waals surface area contributed by atoms with Crippen LogP contribution in [0.25, 0.3) is 0 Å². The van der Waals surface area contributed by atoms with Crippen LogP contribution in [0.2, 0.25) is 0 Å². The topological polar surface area (TPSA) is 58.6 Å². The molecule has 0 aromatic heterocycles. The van der Waals surface area contributed by atoms with E-state index in [1.54, 1.807) is 25.3 Å². The standard InChI is InChI=1S/C14H19BrN2O3/c1-4-16-13(18)9-17(5-2)14(19)11-8-10(20-3)6-7-12(11)15/h6-8H,4-5,9H2,1-3H3,(H,16,18). The molecule has 0 atom stereocenters. The molecular formula is C14H19BrN2O3. The number of benzene rings is 1. The summed E-state index contributed by atoms with van der Waals surface area (Å²) in [6.45, 7) is 4.74. The van der Waals surface area contributed by atoms with Crippen molar-refractivity contribution in [2.24, 2.45) is 0 Å². The molecule has 5 nitrogen and oxygen atoms in total. The molecule has 0 saturated carbocycles. The predicted octanol–water partition coefficient (Wildman–Crippen LogP) is 2.06. The second-order valence-corrected chi connectivity index (χ2v) is 4.97. The number of hydrogen-bond acceptors (Lipinski definition) is 3. The van der Waals surface area contributed by atoms with E-state index in [0.717, 1.165) is 0 Å². The second kappa shape index (κ2) is 7.89. The Morgan fingerprint density at radius 1 is 1.35 bits per heavy atom. The number of nitrogens with zero attached hydrogens (tertiary/aromatic N) is 1. The molecule has 1 aromatic carbocycles. The van der Waals surface area contributed by atoms with E-state index >= 15 is 0 Å². The van der Waals surface area contributed by atoms with Crippen LogP contribution >= 0.6 is 15.9 Å². The SMILES string of the molecule is CCNC(=O)CN(CC)C(=O)c1cc(OC)ccc1Br. The highest BCUT2D eigenvalue weighted by atomic mass is 79.9. The Balaban J connectivity index is 2.93. The molecule has 110 valence electrons. The van der Waals surface area contributed by atoms with E-state index in [0.29, 0.717) is 28.9 Å². The van der Waals surface area contributed by atoms with Crippen LogP contribution in [0.1, 0.15) is 24.2 Å². The summed E-state index contributed by atoms with van der Waals surface area (Å²) in [6.07, 6.45) is 0. The number of carbonyl (C=O) groups is 2. The Labute approximate surface area is 127 Å². The molecule has 0 aliphatic rings. The largest absolute Gasteiger partial charge is 0.497 e. The van der Waals surface area contributed by atoms with E-state index in [9.17, 15) is 9.59 Å². The van der Waals surface area contributed by atoms with Crippen molar-refractivity contribution in [1.29, 1.82) is 0 Å². The van der Waals surface area contributed by atoms with E-state index in [1.165, 1.54) is 4.90 Å². The summed E-state index contributed by atoms with van der Waals surface area (Å²) >= 11 is 3.35. The van der Waals surface area contributed by atoms with Crippen LogP contribution in [0.15, 0.2) is 22.7 Å². The predicted molar refractivity (Wildman–Crippen MR) is 81.0 cm³/mol. The smallest absolute Gasteiger partial charge is 0.255 e. The maximum atomic E-state index is 12.5.